The molecule has 0 aliphatic carbocycles. The Bertz CT molecular complexity index is 479. The van der Waals surface area contributed by atoms with Crippen LogP contribution in [0, 0.1) is 6.92 Å². The van der Waals surface area contributed by atoms with Gasteiger partial charge in [-0.05, 0) is 56.5 Å². The van der Waals surface area contributed by atoms with Crippen LogP contribution in [0.4, 0.5) is 11.4 Å². The van der Waals surface area contributed by atoms with Crippen LogP contribution in [-0.2, 0) is 4.79 Å². The number of nitrogens with zero attached hydrogens (tertiary/aromatic N) is 1. The first kappa shape index (κ1) is 15.8. The number of carbonyl (C=O) groups excluding carboxylic acids is 1. The van der Waals surface area contributed by atoms with Crippen LogP contribution in [0.5, 0.6) is 0 Å². The van der Waals surface area contributed by atoms with Crippen molar-refractivity contribution in [2.24, 2.45) is 0 Å². The predicted octanol–water partition coefficient (Wildman–Crippen LogP) is 3.24. The van der Waals surface area contributed by atoms with E-state index >= 15 is 0 Å². The van der Waals surface area contributed by atoms with Gasteiger partial charge >= 0.3 is 0 Å². The minimum Gasteiger partial charge on any atom is -0.382 e. The molecule has 0 spiro atoms. The second-order valence-corrected chi connectivity index (χ2v) is 5.97. The van der Waals surface area contributed by atoms with E-state index < -0.39 is 0 Å². The van der Waals surface area contributed by atoms with Crippen LogP contribution < -0.4 is 10.6 Å². The molecule has 1 amide bonds. The molecule has 2 N–H and O–H groups in total. The number of piperidine rings is 1. The monoisotopic (exact) mass is 289 g/mol. The first-order valence-corrected chi connectivity index (χ1v) is 7.95. The van der Waals surface area contributed by atoms with Crippen molar-refractivity contribution in [2.45, 2.75) is 46.1 Å². The molecule has 0 radical (unpaired) electrons. The molecule has 1 aromatic carbocycles. The smallest absolute Gasteiger partial charge is 0.221 e. The Hall–Kier alpha value is -1.55. The fourth-order valence-corrected chi connectivity index (χ4v) is 2.94. The summed E-state index contributed by atoms with van der Waals surface area (Å²) in [7, 11) is 0. The van der Waals surface area contributed by atoms with Crippen molar-refractivity contribution in [1.29, 1.82) is 0 Å². The number of amides is 1. The number of anilines is 2. The molecule has 1 heterocycles. The molecule has 0 saturated carbocycles. The normalized spacial score (nSPS) is 16.7. The summed E-state index contributed by atoms with van der Waals surface area (Å²) in [5, 5.41) is 6.48. The van der Waals surface area contributed by atoms with Gasteiger partial charge in [-0.25, -0.2) is 0 Å². The maximum absolute atomic E-state index is 11.1. The second-order valence-electron chi connectivity index (χ2n) is 5.97. The van der Waals surface area contributed by atoms with Crippen molar-refractivity contribution in [3.63, 3.8) is 0 Å². The largest absolute Gasteiger partial charge is 0.382 e. The lowest BCUT2D eigenvalue weighted by Crippen LogP contribution is -2.39. The van der Waals surface area contributed by atoms with Crippen molar-refractivity contribution in [3.8, 4) is 0 Å². The van der Waals surface area contributed by atoms with Crippen LogP contribution >= 0.6 is 0 Å². The summed E-state index contributed by atoms with van der Waals surface area (Å²) >= 11 is 0. The van der Waals surface area contributed by atoms with Gasteiger partial charge in [-0.15, -0.1) is 0 Å². The van der Waals surface area contributed by atoms with Crippen LogP contribution in [0.15, 0.2) is 18.2 Å². The predicted molar refractivity (Wildman–Crippen MR) is 88.9 cm³/mol. The summed E-state index contributed by atoms with van der Waals surface area (Å²) in [6.45, 7) is 9.40. The van der Waals surface area contributed by atoms with Gasteiger partial charge in [0.25, 0.3) is 0 Å². The molecule has 4 nitrogen and oxygen atoms in total. The van der Waals surface area contributed by atoms with Crippen molar-refractivity contribution >= 4 is 17.3 Å². The second kappa shape index (κ2) is 7.46. The van der Waals surface area contributed by atoms with Crippen molar-refractivity contribution in [3.05, 3.63) is 23.8 Å². The minimum absolute atomic E-state index is 0.0258. The number of hydrogen-bond donors (Lipinski definition) is 2. The Kier molecular flexibility index (Phi) is 5.62. The number of likely N-dealkylation sites (tertiary alicyclic amines) is 1. The third kappa shape index (κ3) is 4.74. The van der Waals surface area contributed by atoms with Crippen molar-refractivity contribution in [2.75, 3.05) is 30.3 Å². The van der Waals surface area contributed by atoms with Gasteiger partial charge in [0.2, 0.25) is 5.91 Å². The summed E-state index contributed by atoms with van der Waals surface area (Å²) in [6.07, 6.45) is 3.64. The summed E-state index contributed by atoms with van der Waals surface area (Å²) in [5.41, 5.74) is 3.14. The fourth-order valence-electron chi connectivity index (χ4n) is 2.94. The molecule has 1 fully saturated rings. The fraction of sp³-hybridized carbons (Fsp3) is 0.588. The average Bonchev–Trinajstić information content (AvgIpc) is 2.44. The summed E-state index contributed by atoms with van der Waals surface area (Å²) in [5.74, 6) is -0.0258. The van der Waals surface area contributed by atoms with E-state index in [1.807, 2.05) is 13.0 Å². The molecule has 4 heteroatoms. The van der Waals surface area contributed by atoms with E-state index in [0.29, 0.717) is 6.04 Å². The Morgan fingerprint density at radius 3 is 2.62 bits per heavy atom. The summed E-state index contributed by atoms with van der Waals surface area (Å²) < 4.78 is 0. The highest BCUT2D eigenvalue weighted by Gasteiger charge is 2.18. The van der Waals surface area contributed by atoms with Crippen molar-refractivity contribution in [1.82, 2.24) is 4.90 Å². The quantitative estimate of drug-likeness (QED) is 0.874. The average molecular weight is 289 g/mol. The van der Waals surface area contributed by atoms with Crippen LogP contribution in [0.1, 0.15) is 38.7 Å². The van der Waals surface area contributed by atoms with E-state index in [1.54, 1.807) is 0 Å². The van der Waals surface area contributed by atoms with Gasteiger partial charge < -0.3 is 15.5 Å². The molecular weight excluding hydrogens is 262 g/mol. The first-order chi connectivity index (χ1) is 10.1. The van der Waals surface area contributed by atoms with Gasteiger partial charge in [-0.2, -0.15) is 0 Å². The van der Waals surface area contributed by atoms with Gasteiger partial charge in [-0.3, -0.25) is 4.79 Å². The number of nitrogens with one attached hydrogen (secondary N) is 2. The third-order valence-corrected chi connectivity index (χ3v) is 4.04. The van der Waals surface area contributed by atoms with Gasteiger partial charge in [0.1, 0.15) is 0 Å². The molecule has 1 saturated heterocycles. The Morgan fingerprint density at radius 1 is 1.33 bits per heavy atom. The zero-order chi connectivity index (χ0) is 15.2. The molecule has 0 atom stereocenters. The lowest BCUT2D eigenvalue weighted by atomic mass is 10.0. The molecule has 0 bridgehead atoms. The molecule has 0 unspecified atom stereocenters. The van der Waals surface area contributed by atoms with Gasteiger partial charge in [0, 0.05) is 37.4 Å². The van der Waals surface area contributed by atoms with Gasteiger partial charge in [0.15, 0.2) is 0 Å². The van der Waals surface area contributed by atoms with E-state index in [0.717, 1.165) is 16.9 Å². The lowest BCUT2D eigenvalue weighted by molar-refractivity contribution is -0.114. The van der Waals surface area contributed by atoms with E-state index in [9.17, 15) is 4.79 Å². The van der Waals surface area contributed by atoms with Crippen molar-refractivity contribution < 1.29 is 4.79 Å². The van der Waals surface area contributed by atoms with Gasteiger partial charge in [-0.1, -0.05) is 6.92 Å². The number of rotatable bonds is 5. The van der Waals surface area contributed by atoms with Crippen LogP contribution in [0.3, 0.4) is 0 Å². The molecule has 116 valence electrons. The molecular formula is C17H27N3O. The maximum Gasteiger partial charge on any atom is 0.221 e. The maximum atomic E-state index is 11.1. The molecule has 2 rings (SSSR count). The van der Waals surface area contributed by atoms with Crippen LogP contribution in [0.2, 0.25) is 0 Å². The van der Waals surface area contributed by atoms with Crippen LogP contribution in [-0.4, -0.2) is 36.5 Å². The van der Waals surface area contributed by atoms with E-state index in [1.165, 1.54) is 45.8 Å². The molecule has 21 heavy (non-hydrogen) atoms. The standard InChI is InChI=1S/C17H27N3O/c1-4-9-20-10-7-15(8-11-20)19-16-5-6-17(13(2)12-16)18-14(3)21/h5-6,12,15,19H,4,7-11H2,1-3H3,(H,18,21). The SMILES string of the molecule is CCCN1CCC(Nc2ccc(NC(C)=O)c(C)c2)CC1. The molecule has 1 aliphatic rings. The first-order valence-electron chi connectivity index (χ1n) is 7.95. The highest BCUT2D eigenvalue weighted by Crippen LogP contribution is 2.22. The topological polar surface area (TPSA) is 44.4 Å². The zero-order valence-corrected chi connectivity index (χ0v) is 13.4. The Balaban J connectivity index is 1.89. The van der Waals surface area contributed by atoms with E-state index in [-0.39, 0.29) is 5.91 Å². The minimum atomic E-state index is -0.0258. The zero-order valence-electron chi connectivity index (χ0n) is 13.4. The number of hydrogen-bond acceptors (Lipinski definition) is 3. The molecule has 0 aromatic heterocycles. The summed E-state index contributed by atoms with van der Waals surface area (Å²) in [6, 6.07) is 6.70. The van der Waals surface area contributed by atoms with Gasteiger partial charge in [0.05, 0.1) is 0 Å². The van der Waals surface area contributed by atoms with Crippen LogP contribution in [0.25, 0.3) is 0 Å². The summed E-state index contributed by atoms with van der Waals surface area (Å²) in [4.78, 5) is 13.7. The molecule has 1 aliphatic heterocycles. The number of benzene rings is 1. The highest BCUT2D eigenvalue weighted by molar-refractivity contribution is 5.89. The number of aryl methyl sites for hydroxylation is 1. The third-order valence-electron chi connectivity index (χ3n) is 4.04. The van der Waals surface area contributed by atoms with E-state index in [2.05, 4.69) is 34.6 Å². The molecule has 1 aromatic rings. The Morgan fingerprint density at radius 2 is 2.05 bits per heavy atom. The Labute approximate surface area is 127 Å². The number of carbonyl (C=O) groups is 1. The lowest BCUT2D eigenvalue weighted by Gasteiger charge is -2.32. The van der Waals surface area contributed by atoms with E-state index in [4.69, 9.17) is 0 Å². The highest BCUT2D eigenvalue weighted by atomic mass is 16.1.